The lowest BCUT2D eigenvalue weighted by Gasteiger charge is -2.50. The number of nitrogens with one attached hydrogen (secondary N) is 1. The van der Waals surface area contributed by atoms with Crippen molar-refractivity contribution in [3.05, 3.63) is 35.9 Å². The summed E-state index contributed by atoms with van der Waals surface area (Å²) in [6.07, 6.45) is 4.02. The SMILES string of the molecule is CC(=O)NC(CC(F)N1CCC(CN)(N2CCCCC2)CC1)C(=O)c1ccccc1. The number of likely N-dealkylation sites (tertiary alicyclic amines) is 2. The normalized spacial score (nSPS) is 22.2. The van der Waals surface area contributed by atoms with Crippen LogP contribution in [0.2, 0.25) is 0 Å². The largest absolute Gasteiger partial charge is 0.346 e. The van der Waals surface area contributed by atoms with E-state index < -0.39 is 12.3 Å². The van der Waals surface area contributed by atoms with Gasteiger partial charge in [0.2, 0.25) is 5.91 Å². The Labute approximate surface area is 179 Å². The molecule has 0 saturated carbocycles. The molecule has 2 heterocycles. The fourth-order valence-corrected chi connectivity index (χ4v) is 4.86. The van der Waals surface area contributed by atoms with E-state index in [0.29, 0.717) is 25.2 Å². The second-order valence-electron chi connectivity index (χ2n) is 8.67. The molecule has 1 aromatic carbocycles. The van der Waals surface area contributed by atoms with Crippen LogP contribution in [0.1, 0.15) is 55.8 Å². The molecule has 30 heavy (non-hydrogen) atoms. The molecule has 7 heteroatoms. The van der Waals surface area contributed by atoms with Crippen LogP contribution in [-0.2, 0) is 4.79 Å². The van der Waals surface area contributed by atoms with Crippen LogP contribution < -0.4 is 11.1 Å². The first-order valence-electron chi connectivity index (χ1n) is 11.1. The molecule has 3 rings (SSSR count). The van der Waals surface area contributed by atoms with E-state index in [4.69, 9.17) is 5.73 Å². The Kier molecular flexibility index (Phi) is 7.97. The van der Waals surface area contributed by atoms with Crippen molar-refractivity contribution < 1.29 is 14.0 Å². The summed E-state index contributed by atoms with van der Waals surface area (Å²) in [5, 5.41) is 2.64. The maximum Gasteiger partial charge on any atom is 0.217 e. The van der Waals surface area contributed by atoms with Gasteiger partial charge in [-0.2, -0.15) is 0 Å². The number of amides is 1. The lowest BCUT2D eigenvalue weighted by molar-refractivity contribution is -0.119. The van der Waals surface area contributed by atoms with Crippen LogP contribution >= 0.6 is 0 Å². The molecular weight excluding hydrogens is 383 g/mol. The van der Waals surface area contributed by atoms with Gasteiger partial charge in [0.25, 0.3) is 0 Å². The Bertz CT molecular complexity index is 700. The third kappa shape index (κ3) is 5.45. The quantitative estimate of drug-likeness (QED) is 0.500. The van der Waals surface area contributed by atoms with Crippen molar-refractivity contribution in [2.24, 2.45) is 5.73 Å². The number of hydrogen-bond donors (Lipinski definition) is 2. The Morgan fingerprint density at radius 2 is 1.73 bits per heavy atom. The summed E-state index contributed by atoms with van der Waals surface area (Å²) in [5.74, 6) is -0.586. The highest BCUT2D eigenvalue weighted by atomic mass is 19.1. The van der Waals surface area contributed by atoms with Crippen LogP contribution in [0.4, 0.5) is 4.39 Å². The van der Waals surface area contributed by atoms with Crippen molar-refractivity contribution in [1.82, 2.24) is 15.1 Å². The molecule has 0 radical (unpaired) electrons. The topological polar surface area (TPSA) is 78.7 Å². The van der Waals surface area contributed by atoms with Gasteiger partial charge in [-0.15, -0.1) is 0 Å². The minimum Gasteiger partial charge on any atom is -0.346 e. The summed E-state index contributed by atoms with van der Waals surface area (Å²) in [6, 6.07) is 7.87. The molecule has 0 bridgehead atoms. The fraction of sp³-hybridized carbons (Fsp3) is 0.652. The monoisotopic (exact) mass is 418 g/mol. The number of rotatable bonds is 8. The van der Waals surface area contributed by atoms with Gasteiger partial charge in [-0.25, -0.2) is 4.39 Å². The Hall–Kier alpha value is -1.83. The van der Waals surface area contributed by atoms with Gasteiger partial charge < -0.3 is 11.1 Å². The van der Waals surface area contributed by atoms with Gasteiger partial charge in [-0.1, -0.05) is 36.8 Å². The van der Waals surface area contributed by atoms with Crippen LogP contribution in [0, 0.1) is 0 Å². The summed E-state index contributed by atoms with van der Waals surface area (Å²) in [5.41, 5.74) is 6.63. The standard InChI is InChI=1S/C23H35FN4O2/c1-18(29)26-20(22(30)19-8-4-2-5-9-19)16-21(24)27-14-10-23(17-25,11-15-27)28-12-6-3-7-13-28/h2,4-5,8-9,20-21H,3,6-7,10-17,25H2,1H3,(H,26,29). The maximum atomic E-state index is 15.2. The Balaban J connectivity index is 1.61. The number of alkyl halides is 1. The van der Waals surface area contributed by atoms with E-state index in [1.165, 1.54) is 26.2 Å². The third-order valence-corrected chi connectivity index (χ3v) is 6.71. The first-order chi connectivity index (χ1) is 14.4. The number of nitrogens with two attached hydrogens (primary N) is 1. The van der Waals surface area contributed by atoms with Gasteiger partial charge in [-0.05, 0) is 38.8 Å². The average Bonchev–Trinajstić information content (AvgIpc) is 2.79. The lowest BCUT2D eigenvalue weighted by Crippen LogP contribution is -2.61. The number of ketones is 1. The molecule has 2 aliphatic heterocycles. The van der Waals surface area contributed by atoms with E-state index in [9.17, 15) is 9.59 Å². The third-order valence-electron chi connectivity index (χ3n) is 6.71. The Morgan fingerprint density at radius 1 is 1.10 bits per heavy atom. The molecule has 2 atom stereocenters. The van der Waals surface area contributed by atoms with Crippen LogP contribution in [-0.4, -0.2) is 72.1 Å². The van der Waals surface area contributed by atoms with Crippen molar-refractivity contribution in [2.75, 3.05) is 32.7 Å². The highest BCUT2D eigenvalue weighted by molar-refractivity contribution is 6.01. The zero-order valence-corrected chi connectivity index (χ0v) is 18.0. The van der Waals surface area contributed by atoms with Crippen LogP contribution in [0.3, 0.4) is 0 Å². The first kappa shape index (κ1) is 22.8. The number of Topliss-reactive ketones (excluding diaryl/α,β-unsaturated/α-hetero) is 1. The zero-order chi connectivity index (χ0) is 21.6. The van der Waals surface area contributed by atoms with E-state index in [0.717, 1.165) is 25.9 Å². The second kappa shape index (κ2) is 10.5. The molecule has 1 amide bonds. The van der Waals surface area contributed by atoms with Crippen molar-refractivity contribution >= 4 is 11.7 Å². The molecule has 2 fully saturated rings. The molecule has 0 spiro atoms. The van der Waals surface area contributed by atoms with Gasteiger partial charge >= 0.3 is 0 Å². The number of carbonyl (C=O) groups is 2. The highest BCUT2D eigenvalue weighted by Crippen LogP contribution is 2.32. The van der Waals surface area contributed by atoms with Gasteiger partial charge in [-0.3, -0.25) is 19.4 Å². The van der Waals surface area contributed by atoms with Gasteiger partial charge in [0.1, 0.15) is 0 Å². The second-order valence-corrected chi connectivity index (χ2v) is 8.67. The molecular formula is C23H35FN4O2. The number of piperidine rings is 2. The summed E-state index contributed by atoms with van der Waals surface area (Å²) in [4.78, 5) is 28.8. The summed E-state index contributed by atoms with van der Waals surface area (Å²) in [6.45, 7) is 5.33. The molecule has 2 aliphatic rings. The van der Waals surface area contributed by atoms with Crippen LogP contribution in [0.25, 0.3) is 0 Å². The maximum absolute atomic E-state index is 15.2. The summed E-state index contributed by atoms with van der Waals surface area (Å²) >= 11 is 0. The predicted molar refractivity (Wildman–Crippen MR) is 116 cm³/mol. The van der Waals surface area contributed by atoms with Crippen LogP contribution in [0.15, 0.2) is 30.3 Å². The highest BCUT2D eigenvalue weighted by Gasteiger charge is 2.41. The molecule has 1 aromatic rings. The van der Waals surface area contributed by atoms with Gasteiger partial charge in [0, 0.05) is 44.1 Å². The number of benzene rings is 1. The average molecular weight is 419 g/mol. The van der Waals surface area contributed by atoms with Crippen molar-refractivity contribution in [2.45, 2.75) is 63.3 Å². The Morgan fingerprint density at radius 3 is 2.30 bits per heavy atom. The number of hydrogen-bond acceptors (Lipinski definition) is 5. The molecule has 2 saturated heterocycles. The van der Waals surface area contributed by atoms with Crippen molar-refractivity contribution in [1.29, 1.82) is 0 Å². The van der Waals surface area contributed by atoms with E-state index in [1.54, 1.807) is 29.2 Å². The summed E-state index contributed by atoms with van der Waals surface area (Å²) in [7, 11) is 0. The first-order valence-corrected chi connectivity index (χ1v) is 11.1. The minimum absolute atomic E-state index is 0.0342. The smallest absolute Gasteiger partial charge is 0.217 e. The molecule has 0 aliphatic carbocycles. The number of halogens is 1. The summed E-state index contributed by atoms with van der Waals surface area (Å²) < 4.78 is 15.2. The number of carbonyl (C=O) groups excluding carboxylic acids is 2. The molecule has 2 unspecified atom stereocenters. The molecule has 0 aromatic heterocycles. The van der Waals surface area contributed by atoms with E-state index >= 15 is 4.39 Å². The molecule has 3 N–H and O–H groups in total. The van der Waals surface area contributed by atoms with E-state index in [-0.39, 0.29) is 23.7 Å². The lowest BCUT2D eigenvalue weighted by atomic mass is 9.84. The van der Waals surface area contributed by atoms with Gasteiger partial charge in [0.05, 0.1) is 6.04 Å². The zero-order valence-electron chi connectivity index (χ0n) is 18.0. The van der Waals surface area contributed by atoms with E-state index in [1.807, 2.05) is 6.07 Å². The van der Waals surface area contributed by atoms with Crippen LogP contribution in [0.5, 0.6) is 0 Å². The van der Waals surface area contributed by atoms with Gasteiger partial charge in [0.15, 0.2) is 12.1 Å². The fourth-order valence-electron chi connectivity index (χ4n) is 4.86. The molecule has 6 nitrogen and oxygen atoms in total. The van der Waals surface area contributed by atoms with Crippen molar-refractivity contribution in [3.63, 3.8) is 0 Å². The number of nitrogens with zero attached hydrogens (tertiary/aromatic N) is 2. The molecule has 166 valence electrons. The minimum atomic E-state index is -1.29. The van der Waals surface area contributed by atoms with E-state index in [2.05, 4.69) is 10.2 Å². The van der Waals surface area contributed by atoms with Crippen molar-refractivity contribution in [3.8, 4) is 0 Å². The predicted octanol–water partition coefficient (Wildman–Crippen LogP) is 2.34.